The van der Waals surface area contributed by atoms with Crippen molar-refractivity contribution < 1.29 is 14.3 Å². The molecular weight excluding hydrogens is 270 g/mol. The van der Waals surface area contributed by atoms with Gasteiger partial charge in [-0.3, -0.25) is 4.79 Å². The molecule has 3 unspecified atom stereocenters. The third kappa shape index (κ3) is 6.80. The van der Waals surface area contributed by atoms with Crippen LogP contribution < -0.4 is 16.0 Å². The molecule has 2 amide bonds. The van der Waals surface area contributed by atoms with E-state index in [1.165, 1.54) is 0 Å². The van der Waals surface area contributed by atoms with Crippen LogP contribution in [0.15, 0.2) is 0 Å². The standard InChI is InChI=1S/C15H29N3O3/c1-10(13(19)16-5)17-11-7-6-8-12(9-11)18-14(20)21-15(2,3)4/h10-12,17H,6-9H2,1-5H3,(H,16,19)(H,18,20). The number of hydrogen-bond donors (Lipinski definition) is 3. The summed E-state index contributed by atoms with van der Waals surface area (Å²) in [5.41, 5.74) is -0.482. The molecule has 1 aliphatic rings. The number of carbonyl (C=O) groups excluding carboxylic acids is 2. The molecule has 3 N–H and O–H groups in total. The molecule has 122 valence electrons. The number of nitrogens with one attached hydrogen (secondary N) is 3. The van der Waals surface area contributed by atoms with Gasteiger partial charge < -0.3 is 20.7 Å². The zero-order chi connectivity index (χ0) is 16.0. The van der Waals surface area contributed by atoms with E-state index in [2.05, 4.69) is 16.0 Å². The molecule has 1 rings (SSSR count). The molecule has 21 heavy (non-hydrogen) atoms. The molecule has 6 nitrogen and oxygen atoms in total. The maximum absolute atomic E-state index is 11.8. The second kappa shape index (κ2) is 7.64. The predicted octanol–water partition coefficient (Wildman–Crippen LogP) is 1.55. The van der Waals surface area contributed by atoms with Gasteiger partial charge in [0.2, 0.25) is 5.91 Å². The molecule has 3 atom stereocenters. The monoisotopic (exact) mass is 299 g/mol. The van der Waals surface area contributed by atoms with E-state index in [1.54, 1.807) is 7.05 Å². The predicted molar refractivity (Wildman–Crippen MR) is 82.1 cm³/mol. The summed E-state index contributed by atoms with van der Waals surface area (Å²) in [6.07, 6.45) is 3.45. The highest BCUT2D eigenvalue weighted by Crippen LogP contribution is 2.19. The molecule has 0 heterocycles. The Hall–Kier alpha value is -1.30. The van der Waals surface area contributed by atoms with Crippen molar-refractivity contribution in [2.24, 2.45) is 0 Å². The Labute approximate surface area is 127 Å². The first-order valence-electron chi connectivity index (χ1n) is 7.68. The number of alkyl carbamates (subject to hydrolysis) is 1. The van der Waals surface area contributed by atoms with Crippen LogP contribution in [0.2, 0.25) is 0 Å². The van der Waals surface area contributed by atoms with E-state index in [0.717, 1.165) is 25.7 Å². The van der Waals surface area contributed by atoms with Crippen LogP contribution in [0.25, 0.3) is 0 Å². The fourth-order valence-corrected chi connectivity index (χ4v) is 2.59. The smallest absolute Gasteiger partial charge is 0.407 e. The highest BCUT2D eigenvalue weighted by Gasteiger charge is 2.27. The van der Waals surface area contributed by atoms with E-state index >= 15 is 0 Å². The van der Waals surface area contributed by atoms with Gasteiger partial charge in [-0.1, -0.05) is 0 Å². The Morgan fingerprint density at radius 1 is 1.19 bits per heavy atom. The van der Waals surface area contributed by atoms with Gasteiger partial charge in [0.15, 0.2) is 0 Å². The first-order valence-corrected chi connectivity index (χ1v) is 7.68. The number of hydrogen-bond acceptors (Lipinski definition) is 4. The SMILES string of the molecule is CNC(=O)C(C)NC1CCCC(NC(=O)OC(C)(C)C)C1. The van der Waals surface area contributed by atoms with Crippen molar-refractivity contribution in [3.05, 3.63) is 0 Å². The van der Waals surface area contributed by atoms with Gasteiger partial charge in [0.25, 0.3) is 0 Å². The summed E-state index contributed by atoms with van der Waals surface area (Å²) in [5.74, 6) is -0.0165. The highest BCUT2D eigenvalue weighted by molar-refractivity contribution is 5.80. The van der Waals surface area contributed by atoms with Gasteiger partial charge >= 0.3 is 6.09 Å². The molecule has 0 aliphatic heterocycles. The van der Waals surface area contributed by atoms with E-state index < -0.39 is 5.60 Å². The second-order valence-corrected chi connectivity index (χ2v) is 6.71. The normalized spacial score (nSPS) is 24.0. The molecule has 0 aromatic rings. The molecule has 0 aromatic carbocycles. The van der Waals surface area contributed by atoms with Crippen LogP contribution in [0.3, 0.4) is 0 Å². The second-order valence-electron chi connectivity index (χ2n) is 6.71. The van der Waals surface area contributed by atoms with Gasteiger partial charge in [0.05, 0.1) is 6.04 Å². The molecule has 1 aliphatic carbocycles. The molecule has 0 aromatic heterocycles. The number of ether oxygens (including phenoxy) is 1. The molecule has 1 saturated carbocycles. The van der Waals surface area contributed by atoms with Crippen LogP contribution >= 0.6 is 0 Å². The molecule has 0 bridgehead atoms. The summed E-state index contributed by atoms with van der Waals surface area (Å²) in [5, 5.41) is 8.87. The lowest BCUT2D eigenvalue weighted by atomic mass is 9.90. The summed E-state index contributed by atoms with van der Waals surface area (Å²) in [7, 11) is 1.63. The van der Waals surface area contributed by atoms with E-state index in [1.807, 2.05) is 27.7 Å². The average Bonchev–Trinajstić information content (AvgIpc) is 2.35. The van der Waals surface area contributed by atoms with E-state index in [9.17, 15) is 9.59 Å². The maximum Gasteiger partial charge on any atom is 0.407 e. The van der Waals surface area contributed by atoms with Crippen molar-refractivity contribution in [3.8, 4) is 0 Å². The Kier molecular flexibility index (Phi) is 6.45. The van der Waals surface area contributed by atoms with E-state index in [4.69, 9.17) is 4.74 Å². The van der Waals surface area contributed by atoms with Gasteiger partial charge in [0.1, 0.15) is 5.60 Å². The van der Waals surface area contributed by atoms with Crippen molar-refractivity contribution in [2.45, 2.75) is 77.1 Å². The Bertz CT molecular complexity index is 366. The molecule has 0 spiro atoms. The highest BCUT2D eigenvalue weighted by atomic mass is 16.6. The zero-order valence-electron chi connectivity index (χ0n) is 13.8. The first kappa shape index (κ1) is 17.8. The number of amides is 2. The van der Waals surface area contributed by atoms with Crippen LogP contribution in [0, 0.1) is 0 Å². The van der Waals surface area contributed by atoms with Crippen LogP contribution in [-0.2, 0) is 9.53 Å². The van der Waals surface area contributed by atoms with E-state index in [-0.39, 0.29) is 30.1 Å². The lowest BCUT2D eigenvalue weighted by molar-refractivity contribution is -0.122. The summed E-state index contributed by atoms with van der Waals surface area (Å²) in [6, 6.07) is 0.120. The molecular formula is C15H29N3O3. The maximum atomic E-state index is 11.8. The first-order chi connectivity index (χ1) is 9.71. The number of likely N-dealkylation sites (N-methyl/N-ethyl adjacent to an activating group) is 1. The van der Waals surface area contributed by atoms with Crippen LogP contribution in [0.1, 0.15) is 53.4 Å². The lowest BCUT2D eigenvalue weighted by Crippen LogP contribution is -2.50. The fourth-order valence-electron chi connectivity index (χ4n) is 2.59. The summed E-state index contributed by atoms with van der Waals surface area (Å²) >= 11 is 0. The van der Waals surface area contributed by atoms with Gasteiger partial charge in [0, 0.05) is 19.1 Å². The van der Waals surface area contributed by atoms with Crippen LogP contribution in [0.5, 0.6) is 0 Å². The van der Waals surface area contributed by atoms with Crippen LogP contribution in [-0.4, -0.2) is 42.8 Å². The van der Waals surface area contributed by atoms with Crippen molar-refractivity contribution in [1.82, 2.24) is 16.0 Å². The molecule has 6 heteroatoms. The minimum Gasteiger partial charge on any atom is -0.444 e. The third-order valence-electron chi connectivity index (χ3n) is 3.52. The molecule has 0 saturated heterocycles. The van der Waals surface area contributed by atoms with Gasteiger partial charge in [-0.05, 0) is 53.4 Å². The molecule has 1 fully saturated rings. The topological polar surface area (TPSA) is 79.5 Å². The zero-order valence-corrected chi connectivity index (χ0v) is 13.8. The Balaban J connectivity index is 2.42. The quantitative estimate of drug-likeness (QED) is 0.736. The van der Waals surface area contributed by atoms with Crippen LogP contribution in [0.4, 0.5) is 4.79 Å². The lowest BCUT2D eigenvalue weighted by Gasteiger charge is -2.32. The van der Waals surface area contributed by atoms with E-state index in [0.29, 0.717) is 0 Å². The van der Waals surface area contributed by atoms with Gasteiger partial charge in [-0.2, -0.15) is 0 Å². The summed E-state index contributed by atoms with van der Waals surface area (Å²) in [6.45, 7) is 7.40. The van der Waals surface area contributed by atoms with Crippen molar-refractivity contribution in [2.75, 3.05) is 7.05 Å². The third-order valence-corrected chi connectivity index (χ3v) is 3.52. The Morgan fingerprint density at radius 3 is 2.38 bits per heavy atom. The van der Waals surface area contributed by atoms with Crippen molar-refractivity contribution in [1.29, 1.82) is 0 Å². The Morgan fingerprint density at radius 2 is 1.81 bits per heavy atom. The fraction of sp³-hybridized carbons (Fsp3) is 0.867. The minimum atomic E-state index is -0.482. The van der Waals surface area contributed by atoms with Gasteiger partial charge in [-0.25, -0.2) is 4.79 Å². The average molecular weight is 299 g/mol. The van der Waals surface area contributed by atoms with Crippen molar-refractivity contribution >= 4 is 12.0 Å². The molecule has 0 radical (unpaired) electrons. The summed E-state index contributed by atoms with van der Waals surface area (Å²) < 4.78 is 5.28. The number of rotatable bonds is 4. The minimum absolute atomic E-state index is 0.0165. The van der Waals surface area contributed by atoms with Crippen molar-refractivity contribution in [3.63, 3.8) is 0 Å². The largest absolute Gasteiger partial charge is 0.444 e. The van der Waals surface area contributed by atoms with Gasteiger partial charge in [-0.15, -0.1) is 0 Å². The number of carbonyl (C=O) groups is 2. The summed E-state index contributed by atoms with van der Waals surface area (Å²) in [4.78, 5) is 23.3.